The van der Waals surface area contributed by atoms with E-state index < -0.39 is 60.2 Å². The van der Waals surface area contributed by atoms with Gasteiger partial charge in [0.15, 0.2) is 0 Å². The molecule has 0 aliphatic heterocycles. The Hall–Kier alpha value is -4.56. The molecule has 0 unspecified atom stereocenters. The number of phenolic OH excluding ortho intramolecular Hbond substituents is 1. The fourth-order valence-electron chi connectivity index (χ4n) is 4.25. The zero-order valence-electron chi connectivity index (χ0n) is 22.4. The third kappa shape index (κ3) is 8.97. The minimum Gasteiger partial charge on any atom is -0.508 e. The van der Waals surface area contributed by atoms with Gasteiger partial charge in [0.25, 0.3) is 0 Å². The normalized spacial score (nSPS) is 13.9. The van der Waals surface area contributed by atoms with Crippen molar-refractivity contribution in [2.24, 2.45) is 5.73 Å². The molecule has 9 N–H and O–H groups in total. The maximum atomic E-state index is 13.3. The maximum Gasteiger partial charge on any atom is 0.327 e. The van der Waals surface area contributed by atoms with Crippen LogP contribution in [-0.2, 0) is 36.8 Å². The first kappa shape index (κ1) is 32.0. The number of nitrogens with two attached hydrogens (primary N) is 1. The number of carboxylic acid groups (broad SMARTS) is 2. The number of H-pyrrole nitrogens is 1. The fourth-order valence-corrected chi connectivity index (χ4v) is 4.50. The number of phenols is 1. The second kappa shape index (κ2) is 14.9. The molecule has 0 saturated carbocycles. The SMILES string of the molecule is N[C@@H](Cc1c[nH]c2ccccc12)C(=O)N[C@@H](CCC(=O)O)C(=O)N[C@@H](Cc1ccc(O)cc1)C(=O)N[C@@H](CS)C(=O)O. The molecule has 3 amide bonds. The number of hydrogen-bond donors (Lipinski definition) is 9. The van der Waals surface area contributed by atoms with E-state index in [1.165, 1.54) is 24.3 Å². The molecule has 1 heterocycles. The lowest BCUT2D eigenvalue weighted by Crippen LogP contribution is -2.58. The minimum absolute atomic E-state index is 0.0229. The molecule has 0 aliphatic rings. The van der Waals surface area contributed by atoms with Gasteiger partial charge >= 0.3 is 11.9 Å². The number of carbonyl (C=O) groups excluding carboxylic acids is 3. The van der Waals surface area contributed by atoms with Crippen molar-refractivity contribution in [3.63, 3.8) is 0 Å². The Bertz CT molecular complexity index is 1430. The molecule has 0 radical (unpaired) electrons. The first-order valence-electron chi connectivity index (χ1n) is 13.0. The van der Waals surface area contributed by atoms with Crippen LogP contribution in [0.1, 0.15) is 24.0 Å². The Labute approximate surface area is 246 Å². The number of thiol groups is 1. The highest BCUT2D eigenvalue weighted by atomic mass is 32.1. The molecular formula is C28H33N5O8S. The number of amides is 3. The summed E-state index contributed by atoms with van der Waals surface area (Å²) in [6, 6.07) is 8.14. The van der Waals surface area contributed by atoms with Crippen molar-refractivity contribution in [1.29, 1.82) is 0 Å². The number of aromatic nitrogens is 1. The van der Waals surface area contributed by atoms with Crippen LogP contribution in [0.15, 0.2) is 54.7 Å². The van der Waals surface area contributed by atoms with Crippen molar-refractivity contribution in [2.45, 2.75) is 49.9 Å². The van der Waals surface area contributed by atoms with Gasteiger partial charge in [-0.3, -0.25) is 19.2 Å². The van der Waals surface area contributed by atoms with Crippen LogP contribution < -0.4 is 21.7 Å². The summed E-state index contributed by atoms with van der Waals surface area (Å²) in [4.78, 5) is 65.2. The number of carbonyl (C=O) groups is 5. The van der Waals surface area contributed by atoms with Crippen LogP contribution >= 0.6 is 12.6 Å². The number of carboxylic acids is 2. The van der Waals surface area contributed by atoms with E-state index in [1.807, 2.05) is 24.3 Å². The third-order valence-electron chi connectivity index (χ3n) is 6.54. The Morgan fingerprint density at radius 2 is 1.45 bits per heavy atom. The zero-order valence-corrected chi connectivity index (χ0v) is 23.3. The van der Waals surface area contributed by atoms with Gasteiger partial charge in [-0.1, -0.05) is 30.3 Å². The number of nitrogens with one attached hydrogen (secondary N) is 4. The molecule has 4 atom stereocenters. The Balaban J connectivity index is 1.77. The van der Waals surface area contributed by atoms with E-state index in [2.05, 4.69) is 33.6 Å². The van der Waals surface area contributed by atoms with E-state index in [9.17, 15) is 39.3 Å². The van der Waals surface area contributed by atoms with Gasteiger partial charge in [0.1, 0.15) is 23.9 Å². The van der Waals surface area contributed by atoms with E-state index in [0.717, 1.165) is 16.5 Å². The number of aromatic hydroxyl groups is 1. The molecule has 2 aromatic carbocycles. The Morgan fingerprint density at radius 3 is 2.10 bits per heavy atom. The standard InChI is InChI=1S/C28H33N5O8S/c29-19(12-16-13-30-20-4-2-1-3-18(16)20)25(37)31-21(9-10-24(35)36)26(38)32-22(11-15-5-7-17(34)8-6-15)27(39)33-23(14-42)28(40)41/h1-8,13,19,21-23,30,34,42H,9-12,14,29H2,(H,31,37)(H,32,38)(H,33,39)(H,35,36)(H,40,41)/t19-,21-,22-,23-/m0/s1. The van der Waals surface area contributed by atoms with Gasteiger partial charge in [0, 0.05) is 35.7 Å². The molecule has 0 fully saturated rings. The third-order valence-corrected chi connectivity index (χ3v) is 6.90. The average molecular weight is 600 g/mol. The highest BCUT2D eigenvalue weighted by Gasteiger charge is 2.30. The van der Waals surface area contributed by atoms with Crippen molar-refractivity contribution < 1.29 is 39.3 Å². The van der Waals surface area contributed by atoms with Crippen molar-refractivity contribution in [3.05, 3.63) is 65.9 Å². The molecule has 42 heavy (non-hydrogen) atoms. The van der Waals surface area contributed by atoms with Crippen LogP contribution in [0.2, 0.25) is 0 Å². The zero-order chi connectivity index (χ0) is 30.8. The first-order chi connectivity index (χ1) is 20.0. The predicted molar refractivity (Wildman–Crippen MR) is 156 cm³/mol. The molecule has 3 aromatic rings. The lowest BCUT2D eigenvalue weighted by molar-refractivity contribution is -0.141. The summed E-state index contributed by atoms with van der Waals surface area (Å²) in [5, 5.41) is 36.3. The van der Waals surface area contributed by atoms with E-state index in [-0.39, 0.29) is 30.8 Å². The number of benzene rings is 2. The summed E-state index contributed by atoms with van der Waals surface area (Å²) in [5.74, 6) is -5.17. The molecule has 13 nitrogen and oxygen atoms in total. The highest BCUT2D eigenvalue weighted by molar-refractivity contribution is 7.80. The summed E-state index contributed by atoms with van der Waals surface area (Å²) in [7, 11) is 0. The fraction of sp³-hybridized carbons (Fsp3) is 0.321. The number of aromatic amines is 1. The van der Waals surface area contributed by atoms with Crippen LogP contribution in [0.4, 0.5) is 0 Å². The second-order valence-electron chi connectivity index (χ2n) is 9.68. The van der Waals surface area contributed by atoms with E-state index in [0.29, 0.717) is 5.56 Å². The molecule has 224 valence electrons. The molecule has 0 bridgehead atoms. The van der Waals surface area contributed by atoms with Gasteiger partial charge < -0.3 is 42.0 Å². The average Bonchev–Trinajstić information content (AvgIpc) is 3.36. The smallest absolute Gasteiger partial charge is 0.327 e. The van der Waals surface area contributed by atoms with Gasteiger partial charge in [-0.05, 0) is 42.2 Å². The van der Waals surface area contributed by atoms with E-state index >= 15 is 0 Å². The van der Waals surface area contributed by atoms with Crippen LogP contribution in [0.25, 0.3) is 10.9 Å². The van der Waals surface area contributed by atoms with Gasteiger partial charge in [-0.15, -0.1) is 0 Å². The molecule has 3 rings (SSSR count). The molecule has 0 saturated heterocycles. The number of hydrogen-bond acceptors (Lipinski definition) is 8. The molecule has 14 heteroatoms. The summed E-state index contributed by atoms with van der Waals surface area (Å²) in [6.07, 6.45) is 1.00. The number of rotatable bonds is 15. The predicted octanol–water partition coefficient (Wildman–Crippen LogP) is 0.320. The largest absolute Gasteiger partial charge is 0.508 e. The van der Waals surface area contributed by atoms with Crippen LogP contribution in [-0.4, -0.2) is 79.9 Å². The van der Waals surface area contributed by atoms with Crippen molar-refractivity contribution in [3.8, 4) is 5.75 Å². The van der Waals surface area contributed by atoms with Crippen molar-refractivity contribution in [2.75, 3.05) is 5.75 Å². The molecule has 0 aliphatic carbocycles. The monoisotopic (exact) mass is 599 g/mol. The van der Waals surface area contributed by atoms with Gasteiger partial charge in [0.05, 0.1) is 6.04 Å². The first-order valence-corrected chi connectivity index (χ1v) is 13.7. The quantitative estimate of drug-likeness (QED) is 0.110. The van der Waals surface area contributed by atoms with E-state index in [1.54, 1.807) is 6.20 Å². The van der Waals surface area contributed by atoms with Crippen molar-refractivity contribution in [1.82, 2.24) is 20.9 Å². The summed E-state index contributed by atoms with van der Waals surface area (Å²) >= 11 is 3.94. The van der Waals surface area contributed by atoms with Crippen LogP contribution in [0.5, 0.6) is 5.75 Å². The maximum absolute atomic E-state index is 13.3. The summed E-state index contributed by atoms with van der Waals surface area (Å²) < 4.78 is 0. The minimum atomic E-state index is -1.36. The molecule has 0 spiro atoms. The van der Waals surface area contributed by atoms with Crippen molar-refractivity contribution >= 4 is 53.2 Å². The molecular weight excluding hydrogens is 566 g/mol. The molecule has 1 aromatic heterocycles. The number of aliphatic carboxylic acids is 2. The second-order valence-corrected chi connectivity index (χ2v) is 10.0. The highest BCUT2D eigenvalue weighted by Crippen LogP contribution is 2.19. The summed E-state index contributed by atoms with van der Waals surface area (Å²) in [5.41, 5.74) is 8.31. The summed E-state index contributed by atoms with van der Waals surface area (Å²) in [6.45, 7) is 0. The lowest BCUT2D eigenvalue weighted by Gasteiger charge is -2.25. The number of fused-ring (bicyclic) bond motifs is 1. The number of para-hydroxylation sites is 1. The van der Waals surface area contributed by atoms with Gasteiger partial charge in [-0.25, -0.2) is 4.79 Å². The topological polar surface area (TPSA) is 224 Å². The lowest BCUT2D eigenvalue weighted by atomic mass is 10.0. The van der Waals surface area contributed by atoms with Crippen LogP contribution in [0, 0.1) is 0 Å². The Morgan fingerprint density at radius 1 is 0.833 bits per heavy atom. The van der Waals surface area contributed by atoms with Crippen LogP contribution in [0.3, 0.4) is 0 Å². The Kier molecular flexibility index (Phi) is 11.3. The van der Waals surface area contributed by atoms with Gasteiger partial charge in [-0.2, -0.15) is 12.6 Å². The van der Waals surface area contributed by atoms with E-state index in [4.69, 9.17) is 5.73 Å². The van der Waals surface area contributed by atoms with Gasteiger partial charge in [0.2, 0.25) is 17.7 Å².